The number of nitrogens with zero attached hydrogens (tertiary/aromatic N) is 6. The number of carbonyl (C=O) groups is 2. The lowest BCUT2D eigenvalue weighted by molar-refractivity contribution is -0.160. The Kier molecular flexibility index (Phi) is 13.4. The SMILES string of the molecule is C=CCCC(=O)N[C@@H](C(=O)OC1C(COP(=O)(O)O[C@H]2[C@@H](O)[C@H](n3ccc(N)nc3=O)O[C@@H]2COP(=O)(O)O)OC(n2cnc3c(N)ncnc32)C1O)c1ccccc1. The lowest BCUT2D eigenvalue weighted by Gasteiger charge is -2.26. The average Bonchev–Trinajstić information content (AvgIpc) is 3.84. The van der Waals surface area contributed by atoms with E-state index in [1.807, 2.05) is 0 Å². The number of aliphatic hydroxyl groups excluding tert-OH is 2. The highest BCUT2D eigenvalue weighted by Gasteiger charge is 2.52. The van der Waals surface area contributed by atoms with Gasteiger partial charge in [-0.15, -0.1) is 6.58 Å². The number of hydrogen-bond donors (Lipinski definition) is 8. The molecule has 10 N–H and O–H groups in total. The van der Waals surface area contributed by atoms with Gasteiger partial charge in [-0.3, -0.25) is 27.5 Å². The third-order valence-corrected chi connectivity index (χ3v) is 10.4. The summed E-state index contributed by atoms with van der Waals surface area (Å²) in [4.78, 5) is 84.4. The van der Waals surface area contributed by atoms with E-state index in [0.717, 1.165) is 17.1 Å². The van der Waals surface area contributed by atoms with Crippen molar-refractivity contribution in [3.05, 3.63) is 84.0 Å². The maximum absolute atomic E-state index is 13.9. The van der Waals surface area contributed by atoms with Gasteiger partial charge >= 0.3 is 27.3 Å². The van der Waals surface area contributed by atoms with Gasteiger partial charge in [-0.2, -0.15) is 4.98 Å². The van der Waals surface area contributed by atoms with Crippen molar-refractivity contribution in [2.75, 3.05) is 24.7 Å². The van der Waals surface area contributed by atoms with Crippen LogP contribution in [-0.2, 0) is 46.5 Å². The number of amides is 1. The molecule has 318 valence electrons. The summed E-state index contributed by atoms with van der Waals surface area (Å²) in [5.74, 6) is -1.79. The molecule has 2 aliphatic heterocycles. The number of nitrogens with two attached hydrogens (primary N) is 2. The molecule has 2 aliphatic rings. The van der Waals surface area contributed by atoms with E-state index in [4.69, 9.17) is 34.7 Å². The quantitative estimate of drug-likeness (QED) is 0.0362. The maximum atomic E-state index is 13.9. The number of benzene rings is 1. The van der Waals surface area contributed by atoms with E-state index in [1.165, 1.54) is 23.0 Å². The van der Waals surface area contributed by atoms with Crippen molar-refractivity contribution in [3.63, 3.8) is 0 Å². The van der Waals surface area contributed by atoms with Gasteiger partial charge in [0.15, 0.2) is 36.1 Å². The number of carbonyl (C=O) groups excluding carboxylic acids is 2. The molecule has 1 amide bonds. The molecule has 27 heteroatoms. The highest BCUT2D eigenvalue weighted by Crippen LogP contribution is 2.50. The molecule has 59 heavy (non-hydrogen) atoms. The van der Waals surface area contributed by atoms with Crippen LogP contribution in [0.5, 0.6) is 0 Å². The monoisotopic (exact) mass is 867 g/mol. The van der Waals surface area contributed by atoms with Gasteiger partial charge in [0, 0.05) is 12.6 Å². The van der Waals surface area contributed by atoms with Gasteiger partial charge in [-0.05, 0) is 18.1 Å². The molecule has 0 saturated carbocycles. The van der Waals surface area contributed by atoms with E-state index in [2.05, 4.69) is 36.4 Å². The lowest BCUT2D eigenvalue weighted by atomic mass is 10.1. The normalized spacial score (nSPS) is 26.0. The first-order valence-corrected chi connectivity index (χ1v) is 20.4. The van der Waals surface area contributed by atoms with Crippen LogP contribution >= 0.6 is 15.6 Å². The number of ether oxygens (including phenoxy) is 3. The number of nitrogen functional groups attached to an aromatic ring is 2. The molecule has 5 heterocycles. The Bertz CT molecular complexity index is 2310. The molecule has 0 radical (unpaired) electrons. The molecule has 4 aromatic rings. The fraction of sp³-hybridized carbons (Fsp3) is 0.406. The number of aromatic nitrogens is 6. The van der Waals surface area contributed by atoms with Crippen molar-refractivity contribution in [1.29, 1.82) is 0 Å². The summed E-state index contributed by atoms with van der Waals surface area (Å²) in [6.45, 7) is 1.60. The second-order valence-corrected chi connectivity index (χ2v) is 15.6. The molecule has 0 bridgehead atoms. The van der Waals surface area contributed by atoms with Gasteiger partial charge in [-0.1, -0.05) is 36.4 Å². The zero-order chi connectivity index (χ0) is 42.6. The number of rotatable bonds is 17. The van der Waals surface area contributed by atoms with Crippen LogP contribution < -0.4 is 22.5 Å². The predicted octanol–water partition coefficient (Wildman–Crippen LogP) is -0.889. The number of fused-ring (bicyclic) bond motifs is 1. The van der Waals surface area contributed by atoms with E-state index in [9.17, 15) is 48.4 Å². The topological polar surface area (TPSA) is 367 Å². The van der Waals surface area contributed by atoms with E-state index < -0.39 is 102 Å². The molecule has 3 aromatic heterocycles. The Labute approximate surface area is 332 Å². The van der Waals surface area contributed by atoms with Crippen LogP contribution in [0.4, 0.5) is 11.6 Å². The van der Waals surface area contributed by atoms with Crippen LogP contribution in [0.15, 0.2) is 72.7 Å². The Hall–Kier alpha value is -5.01. The van der Waals surface area contributed by atoms with E-state index in [-0.39, 0.29) is 29.2 Å². The Morgan fingerprint density at radius 1 is 0.949 bits per heavy atom. The summed E-state index contributed by atoms with van der Waals surface area (Å²) >= 11 is 0. The van der Waals surface area contributed by atoms with Crippen LogP contribution in [0, 0.1) is 0 Å². The Balaban J connectivity index is 1.26. The van der Waals surface area contributed by atoms with Crippen molar-refractivity contribution in [2.45, 2.75) is 68.0 Å². The average molecular weight is 868 g/mol. The van der Waals surface area contributed by atoms with Gasteiger partial charge in [-0.25, -0.2) is 33.7 Å². The lowest BCUT2D eigenvalue weighted by Crippen LogP contribution is -2.42. The first-order chi connectivity index (χ1) is 28.0. The molecule has 0 aliphatic carbocycles. The van der Waals surface area contributed by atoms with Crippen molar-refractivity contribution >= 4 is 50.3 Å². The van der Waals surface area contributed by atoms with Crippen LogP contribution in [0.3, 0.4) is 0 Å². The van der Waals surface area contributed by atoms with E-state index in [1.54, 1.807) is 30.3 Å². The number of allylic oxidation sites excluding steroid dienone is 1. The maximum Gasteiger partial charge on any atom is 0.472 e. The van der Waals surface area contributed by atoms with Gasteiger partial charge in [0.05, 0.1) is 19.5 Å². The number of phosphoric acid groups is 2. The zero-order valence-corrected chi connectivity index (χ0v) is 32.3. The third-order valence-electron chi connectivity index (χ3n) is 8.97. The summed E-state index contributed by atoms with van der Waals surface area (Å²) in [6.07, 6.45) is -8.64. The first-order valence-electron chi connectivity index (χ1n) is 17.4. The number of aliphatic hydroxyl groups is 2. The first kappa shape index (κ1) is 43.6. The number of esters is 1. The van der Waals surface area contributed by atoms with Gasteiger partial charge in [0.1, 0.15) is 48.2 Å². The van der Waals surface area contributed by atoms with E-state index >= 15 is 0 Å². The molecule has 6 rings (SSSR count). The summed E-state index contributed by atoms with van der Waals surface area (Å²) in [5.41, 5.74) is 11.0. The van der Waals surface area contributed by atoms with Crippen LogP contribution in [-0.4, -0.2) is 116 Å². The molecule has 2 saturated heterocycles. The van der Waals surface area contributed by atoms with E-state index in [0.29, 0.717) is 12.0 Å². The summed E-state index contributed by atoms with van der Waals surface area (Å²) in [6, 6.07) is 7.79. The number of phosphoric ester groups is 2. The minimum Gasteiger partial charge on any atom is -0.455 e. The highest BCUT2D eigenvalue weighted by atomic mass is 31.2. The Morgan fingerprint density at radius 3 is 2.29 bits per heavy atom. The summed E-state index contributed by atoms with van der Waals surface area (Å²) in [7, 11) is -10.6. The molecule has 5 unspecified atom stereocenters. The molecule has 10 atom stereocenters. The molecule has 2 fully saturated rings. The zero-order valence-electron chi connectivity index (χ0n) is 30.5. The molecule has 0 spiro atoms. The van der Waals surface area contributed by atoms with Crippen molar-refractivity contribution < 1.29 is 71.4 Å². The van der Waals surface area contributed by atoms with Crippen LogP contribution in [0.25, 0.3) is 11.2 Å². The van der Waals surface area contributed by atoms with Crippen molar-refractivity contribution in [1.82, 2.24) is 34.4 Å². The van der Waals surface area contributed by atoms with Crippen LogP contribution in [0.1, 0.15) is 36.9 Å². The minimum absolute atomic E-state index is 0.0114. The molecule has 1 aromatic carbocycles. The van der Waals surface area contributed by atoms with Gasteiger partial charge in [0.25, 0.3) is 0 Å². The fourth-order valence-corrected chi connectivity index (χ4v) is 7.54. The van der Waals surface area contributed by atoms with Crippen molar-refractivity contribution in [2.24, 2.45) is 0 Å². The smallest absolute Gasteiger partial charge is 0.455 e. The molecular formula is C32H39N9O16P2. The standard InChI is InChI=1S/C32H39N9O16P2/c1-2-3-9-20(42)39-21(16-7-5-4-6-8-16)31(45)56-25-17(54-30(23(25)43)41-15-37-22-27(34)35-14-36-28(22)41)13-53-59(50,51)57-26-18(12-52-58(47,48)49)55-29(24(26)44)40-11-10-19(33)38-32(40)46/h2,4-8,10-11,14-15,17-18,21,23-26,29-30,43-44H,1,3,9,12-13H2,(H,39,42)(H,50,51)(H2,33,38,46)(H2,34,35,36)(H2,47,48,49)/t17?,18-,21-,23?,24-,25?,26-,29-,30?/m1/s1. The number of nitrogens with one attached hydrogen (secondary N) is 1. The number of imidazole rings is 1. The van der Waals surface area contributed by atoms with Gasteiger partial charge in [0.2, 0.25) is 5.91 Å². The second-order valence-electron chi connectivity index (χ2n) is 13.0. The number of hydrogen-bond acceptors (Lipinski definition) is 19. The fourth-order valence-electron chi connectivity index (χ4n) is 6.23. The van der Waals surface area contributed by atoms with Crippen LogP contribution in [0.2, 0.25) is 0 Å². The molecule has 25 nitrogen and oxygen atoms in total. The largest absolute Gasteiger partial charge is 0.472 e. The Morgan fingerprint density at radius 2 is 1.61 bits per heavy atom. The summed E-state index contributed by atoms with van der Waals surface area (Å²) < 4.78 is 59.4. The minimum atomic E-state index is -5.41. The number of anilines is 2. The third kappa shape index (κ3) is 10.2. The predicted molar refractivity (Wildman–Crippen MR) is 198 cm³/mol. The van der Waals surface area contributed by atoms with Gasteiger partial charge < -0.3 is 55.9 Å². The summed E-state index contributed by atoms with van der Waals surface area (Å²) in [5, 5.41) is 25.4. The van der Waals surface area contributed by atoms with Crippen molar-refractivity contribution in [3.8, 4) is 0 Å². The second kappa shape index (κ2) is 18.1. The highest BCUT2D eigenvalue weighted by molar-refractivity contribution is 7.47. The molecular weight excluding hydrogens is 828 g/mol.